The fraction of sp³-hybridized carbons (Fsp3) is 0.500. The molecule has 0 radical (unpaired) electrons. The molecule has 0 saturated heterocycles. The molecule has 0 amide bonds. The Kier molecular flexibility index (Phi) is 4.08. The third kappa shape index (κ3) is 3.99. The summed E-state index contributed by atoms with van der Waals surface area (Å²) >= 11 is 3.21. The highest BCUT2D eigenvalue weighted by Gasteiger charge is 2.07. The van der Waals surface area contributed by atoms with Gasteiger partial charge in [0.1, 0.15) is 6.61 Å². The van der Waals surface area contributed by atoms with E-state index in [0.29, 0.717) is 0 Å². The molecular weight excluding hydrogens is 142 g/mol. The molecule has 0 aliphatic carbocycles. The van der Waals surface area contributed by atoms with Crippen molar-refractivity contribution >= 4 is 23.7 Å². The number of hydrogen-bond acceptors (Lipinski definition) is 4. The molecule has 2 N–H and O–H groups in total. The molecule has 0 spiro atoms. The van der Waals surface area contributed by atoms with Gasteiger partial charge in [0.2, 0.25) is 0 Å². The van der Waals surface area contributed by atoms with E-state index in [0.717, 1.165) is 0 Å². The van der Waals surface area contributed by atoms with Crippen LogP contribution in [0, 0.1) is 0 Å². The Morgan fingerprint density at radius 2 is 2.11 bits per heavy atom. The molecule has 52 valence electrons. The minimum absolute atomic E-state index is 0.0606. The first-order valence-corrected chi connectivity index (χ1v) is 2.73. The van der Waals surface area contributed by atoms with Crippen LogP contribution in [0.3, 0.4) is 0 Å². The van der Waals surface area contributed by atoms with E-state index >= 15 is 0 Å². The van der Waals surface area contributed by atoms with Gasteiger partial charge in [0.25, 0.3) is 5.12 Å². The molecule has 0 fully saturated rings. The molecule has 0 unspecified atom stereocenters. The quantitative estimate of drug-likeness (QED) is 0.305. The lowest BCUT2D eigenvalue weighted by molar-refractivity contribution is -0.149. The van der Waals surface area contributed by atoms with Crippen LogP contribution in [0.2, 0.25) is 0 Å². The average Bonchev–Trinajstić information content (AvgIpc) is 1.82. The zero-order chi connectivity index (χ0) is 7.28. The zero-order valence-corrected chi connectivity index (χ0v) is 5.56. The third-order valence-electron chi connectivity index (χ3n) is 0.526. The van der Waals surface area contributed by atoms with Gasteiger partial charge in [-0.25, -0.2) is 4.79 Å². The molecule has 0 aliphatic rings. The van der Waals surface area contributed by atoms with E-state index in [9.17, 15) is 9.59 Å². The maximum Gasteiger partial charge on any atom is 0.385 e. The lowest BCUT2D eigenvalue weighted by Crippen LogP contribution is -2.17. The molecule has 5 heteroatoms. The summed E-state index contributed by atoms with van der Waals surface area (Å²) < 4.78 is 4.26. The second-order valence-corrected chi connectivity index (χ2v) is 1.64. The lowest BCUT2D eigenvalue weighted by Gasteiger charge is -1.95. The van der Waals surface area contributed by atoms with E-state index < -0.39 is 11.1 Å². The molecular formula is C4H7NO3S. The van der Waals surface area contributed by atoms with Gasteiger partial charge in [-0.2, -0.15) is 0 Å². The van der Waals surface area contributed by atoms with E-state index in [1.807, 2.05) is 0 Å². The van der Waals surface area contributed by atoms with Gasteiger partial charge in [-0.1, -0.05) is 12.6 Å². The summed E-state index contributed by atoms with van der Waals surface area (Å²) in [6, 6.07) is 0. The lowest BCUT2D eigenvalue weighted by atomic mass is 10.7. The Bertz CT molecular complexity index is 125. The molecule has 0 aromatic heterocycles. The Labute approximate surface area is 57.8 Å². The van der Waals surface area contributed by atoms with Crippen LogP contribution in [0.4, 0.5) is 0 Å². The molecule has 0 aromatic rings. The van der Waals surface area contributed by atoms with Gasteiger partial charge >= 0.3 is 5.97 Å². The van der Waals surface area contributed by atoms with Gasteiger partial charge < -0.3 is 10.5 Å². The second-order valence-electron chi connectivity index (χ2n) is 1.23. The van der Waals surface area contributed by atoms with Crippen LogP contribution in [0.1, 0.15) is 0 Å². The van der Waals surface area contributed by atoms with E-state index in [1.165, 1.54) is 0 Å². The maximum absolute atomic E-state index is 10.2. The standard InChI is InChI=1S/C4H7NO3S/c5-1-2-8-3(6)4(7)9/h1-2,5H2,(H,7,9). The number of rotatable bonds is 3. The number of hydrogen-bond donors (Lipinski definition) is 2. The largest absolute Gasteiger partial charge is 0.458 e. The van der Waals surface area contributed by atoms with E-state index in [4.69, 9.17) is 5.73 Å². The van der Waals surface area contributed by atoms with Crippen LogP contribution >= 0.6 is 12.6 Å². The van der Waals surface area contributed by atoms with Crippen molar-refractivity contribution < 1.29 is 14.3 Å². The molecule has 0 rings (SSSR count). The molecule has 4 nitrogen and oxygen atoms in total. The van der Waals surface area contributed by atoms with E-state index in [2.05, 4.69) is 17.4 Å². The van der Waals surface area contributed by atoms with Crippen LogP contribution < -0.4 is 5.73 Å². The Morgan fingerprint density at radius 1 is 1.56 bits per heavy atom. The van der Waals surface area contributed by atoms with Crippen molar-refractivity contribution in [3.05, 3.63) is 0 Å². The van der Waals surface area contributed by atoms with Crippen LogP contribution in [0.5, 0.6) is 0 Å². The monoisotopic (exact) mass is 149 g/mol. The van der Waals surface area contributed by atoms with Crippen molar-refractivity contribution in [3.63, 3.8) is 0 Å². The predicted molar refractivity (Wildman–Crippen MR) is 34.0 cm³/mol. The van der Waals surface area contributed by atoms with Crippen LogP contribution in [-0.4, -0.2) is 24.2 Å². The van der Waals surface area contributed by atoms with Crippen molar-refractivity contribution in [2.45, 2.75) is 0 Å². The minimum Gasteiger partial charge on any atom is -0.458 e. The van der Waals surface area contributed by atoms with Crippen molar-refractivity contribution in [2.24, 2.45) is 5.73 Å². The number of nitrogens with two attached hydrogens (primary N) is 1. The SMILES string of the molecule is NCCOC(=O)C(=O)S. The van der Waals surface area contributed by atoms with Crippen molar-refractivity contribution in [1.82, 2.24) is 0 Å². The number of esters is 1. The minimum atomic E-state index is -0.955. The molecule has 0 heterocycles. The highest BCUT2D eigenvalue weighted by molar-refractivity contribution is 7.98. The van der Waals surface area contributed by atoms with Crippen molar-refractivity contribution in [3.8, 4) is 0 Å². The molecule has 0 bridgehead atoms. The number of thiol groups is 1. The highest BCUT2D eigenvalue weighted by atomic mass is 32.1. The summed E-state index contributed by atoms with van der Waals surface area (Å²) in [5, 5.41) is -0.900. The first-order valence-electron chi connectivity index (χ1n) is 2.28. The Balaban J connectivity index is 3.39. The zero-order valence-electron chi connectivity index (χ0n) is 4.66. The van der Waals surface area contributed by atoms with Gasteiger partial charge in [-0.15, -0.1) is 0 Å². The fourth-order valence-corrected chi connectivity index (χ4v) is 0.278. The van der Waals surface area contributed by atoms with E-state index in [-0.39, 0.29) is 13.2 Å². The smallest absolute Gasteiger partial charge is 0.385 e. The number of carbonyl (C=O) groups excluding carboxylic acids is 2. The van der Waals surface area contributed by atoms with Crippen molar-refractivity contribution in [1.29, 1.82) is 0 Å². The molecule has 9 heavy (non-hydrogen) atoms. The third-order valence-corrected chi connectivity index (χ3v) is 0.708. The molecule has 0 aliphatic heterocycles. The van der Waals surface area contributed by atoms with Crippen LogP contribution in [-0.2, 0) is 14.3 Å². The van der Waals surface area contributed by atoms with Gasteiger partial charge in [0.15, 0.2) is 0 Å². The molecule has 0 aromatic carbocycles. The summed E-state index contributed by atoms with van der Waals surface area (Å²) in [5.74, 6) is -0.955. The molecule has 0 atom stereocenters. The average molecular weight is 149 g/mol. The summed E-state index contributed by atoms with van der Waals surface area (Å²) in [6.07, 6.45) is 0. The fourth-order valence-electron chi connectivity index (χ4n) is 0.213. The maximum atomic E-state index is 10.2. The van der Waals surface area contributed by atoms with Gasteiger partial charge in [0.05, 0.1) is 0 Å². The number of carbonyl (C=O) groups is 2. The van der Waals surface area contributed by atoms with Gasteiger partial charge in [-0.3, -0.25) is 4.79 Å². The number of ether oxygens (including phenoxy) is 1. The predicted octanol–water partition coefficient (Wildman–Crippen LogP) is -1.06. The second kappa shape index (κ2) is 4.34. The van der Waals surface area contributed by atoms with Gasteiger partial charge in [-0.05, 0) is 0 Å². The summed E-state index contributed by atoms with van der Waals surface area (Å²) in [5.41, 5.74) is 4.96. The summed E-state index contributed by atoms with van der Waals surface area (Å²) in [6.45, 7) is 0.276. The topological polar surface area (TPSA) is 69.4 Å². The Morgan fingerprint density at radius 3 is 2.44 bits per heavy atom. The van der Waals surface area contributed by atoms with Crippen LogP contribution in [0.15, 0.2) is 0 Å². The highest BCUT2D eigenvalue weighted by Crippen LogP contribution is 1.83. The first-order chi connectivity index (χ1) is 4.18. The van der Waals surface area contributed by atoms with Gasteiger partial charge in [0, 0.05) is 6.54 Å². The first kappa shape index (κ1) is 8.45. The van der Waals surface area contributed by atoms with E-state index in [1.54, 1.807) is 0 Å². The normalized spacial score (nSPS) is 8.67. The van der Waals surface area contributed by atoms with Crippen molar-refractivity contribution in [2.75, 3.05) is 13.2 Å². The summed E-state index contributed by atoms with van der Waals surface area (Å²) in [4.78, 5) is 20.2. The Hall–Kier alpha value is -0.550. The van der Waals surface area contributed by atoms with Crippen LogP contribution in [0.25, 0.3) is 0 Å². The summed E-state index contributed by atoms with van der Waals surface area (Å²) in [7, 11) is 0. The molecule has 0 saturated carbocycles.